The van der Waals surface area contributed by atoms with Crippen molar-refractivity contribution in [2.75, 3.05) is 0 Å². The number of hydrogen-bond donors (Lipinski definition) is 1. The normalized spacial score (nSPS) is 13.2. The minimum Gasteiger partial charge on any atom is -0.360 e. The first-order chi connectivity index (χ1) is 12.1. The number of carbonyl (C=O) groups excluding carboxylic acids is 3. The molecule has 1 aliphatic rings. The number of hydrogen-bond acceptors (Lipinski definition) is 5. The molecule has 0 bridgehead atoms. The Balaban J connectivity index is 1.68. The summed E-state index contributed by atoms with van der Waals surface area (Å²) in [6.45, 7) is 0. The Bertz CT molecular complexity index is 1080. The van der Waals surface area contributed by atoms with E-state index in [2.05, 4.69) is 4.98 Å². The van der Waals surface area contributed by atoms with Gasteiger partial charge in [-0.15, -0.1) is 0 Å². The van der Waals surface area contributed by atoms with Gasteiger partial charge < -0.3 is 9.82 Å². The van der Waals surface area contributed by atoms with E-state index in [0.717, 1.165) is 0 Å². The molecule has 2 amide bonds. The topological polar surface area (TPSA) is 96.5 Å². The number of fused-ring (bicyclic) bond motifs is 2. The van der Waals surface area contributed by atoms with E-state index >= 15 is 0 Å². The van der Waals surface area contributed by atoms with Crippen LogP contribution in [0, 0.1) is 0 Å². The molecule has 0 saturated heterocycles. The second kappa shape index (κ2) is 5.41. The number of nitrogens with one attached hydrogen (secondary N) is 1. The number of rotatable bonds is 2. The average Bonchev–Trinajstić information content (AvgIpc) is 2.87. The summed E-state index contributed by atoms with van der Waals surface area (Å²) in [4.78, 5) is 56.9. The van der Waals surface area contributed by atoms with Crippen LogP contribution in [0.25, 0.3) is 10.9 Å². The van der Waals surface area contributed by atoms with Crippen LogP contribution in [0.2, 0.25) is 0 Å². The molecule has 1 N–H and O–H groups in total. The Hall–Kier alpha value is -3.74. The zero-order valence-corrected chi connectivity index (χ0v) is 12.7. The maximum Gasteiger partial charge on any atom is 0.369 e. The predicted octanol–water partition coefficient (Wildman–Crippen LogP) is 1.90. The molecule has 122 valence electrons. The second-order valence-corrected chi connectivity index (χ2v) is 5.41. The van der Waals surface area contributed by atoms with E-state index in [1.165, 1.54) is 18.3 Å². The molecule has 1 aliphatic heterocycles. The summed E-state index contributed by atoms with van der Waals surface area (Å²) in [7, 11) is 0. The van der Waals surface area contributed by atoms with E-state index in [1.807, 2.05) is 0 Å². The van der Waals surface area contributed by atoms with Crippen molar-refractivity contribution >= 4 is 28.7 Å². The Morgan fingerprint density at radius 2 is 1.48 bits per heavy atom. The molecular formula is C18H10N2O5. The molecule has 0 radical (unpaired) electrons. The van der Waals surface area contributed by atoms with Crippen LogP contribution >= 0.6 is 0 Å². The van der Waals surface area contributed by atoms with Gasteiger partial charge in [0.15, 0.2) is 0 Å². The van der Waals surface area contributed by atoms with Gasteiger partial charge in [-0.2, -0.15) is 0 Å². The van der Waals surface area contributed by atoms with Gasteiger partial charge in [-0.25, -0.2) is 4.79 Å². The van der Waals surface area contributed by atoms with Gasteiger partial charge in [0.25, 0.3) is 11.8 Å². The lowest BCUT2D eigenvalue weighted by Crippen LogP contribution is -2.34. The van der Waals surface area contributed by atoms with Crippen LogP contribution in [0.15, 0.2) is 59.5 Å². The first-order valence-corrected chi connectivity index (χ1v) is 7.38. The van der Waals surface area contributed by atoms with Gasteiger partial charge in [0.1, 0.15) is 5.56 Å². The standard InChI is InChI=1S/C18H10N2O5/c21-15-12-7-3-4-8-14(12)19-9-13(15)18(24)25-20-16(22)10-5-1-2-6-11(10)17(20)23/h1-9H,(H,19,21). The minimum absolute atomic E-state index is 0.146. The predicted molar refractivity (Wildman–Crippen MR) is 86.9 cm³/mol. The van der Waals surface area contributed by atoms with Crippen LogP contribution in [0.1, 0.15) is 31.1 Å². The number of amides is 2. The van der Waals surface area contributed by atoms with Gasteiger partial charge in [0, 0.05) is 17.1 Å². The number of pyridine rings is 1. The molecule has 0 atom stereocenters. The van der Waals surface area contributed by atoms with Crippen molar-refractivity contribution in [1.29, 1.82) is 0 Å². The van der Waals surface area contributed by atoms with Crippen LogP contribution in [-0.2, 0) is 4.84 Å². The fourth-order valence-corrected chi connectivity index (χ4v) is 2.70. The quantitative estimate of drug-likeness (QED) is 0.722. The van der Waals surface area contributed by atoms with Gasteiger partial charge in [0.05, 0.1) is 11.1 Å². The van der Waals surface area contributed by atoms with Gasteiger partial charge >= 0.3 is 5.97 Å². The Morgan fingerprint density at radius 3 is 2.16 bits per heavy atom. The molecule has 0 unspecified atom stereocenters. The fraction of sp³-hybridized carbons (Fsp3) is 0. The first-order valence-electron chi connectivity index (χ1n) is 7.38. The number of aromatic nitrogens is 1. The molecule has 0 spiro atoms. The Labute approximate surface area is 140 Å². The van der Waals surface area contributed by atoms with Crippen molar-refractivity contribution in [3.05, 3.63) is 81.6 Å². The number of H-pyrrole nitrogens is 1. The maximum absolute atomic E-state index is 12.4. The third kappa shape index (κ3) is 2.21. The van der Waals surface area contributed by atoms with Crippen LogP contribution < -0.4 is 5.43 Å². The van der Waals surface area contributed by atoms with E-state index in [1.54, 1.807) is 36.4 Å². The number of benzene rings is 2. The largest absolute Gasteiger partial charge is 0.369 e. The molecule has 0 fully saturated rings. The van der Waals surface area contributed by atoms with Crippen molar-refractivity contribution < 1.29 is 19.2 Å². The zero-order valence-electron chi connectivity index (χ0n) is 12.7. The highest BCUT2D eigenvalue weighted by Gasteiger charge is 2.39. The lowest BCUT2D eigenvalue weighted by Gasteiger charge is -2.12. The SMILES string of the molecule is O=C(ON1C(=O)c2ccccc2C1=O)c1c[nH]c2ccccc2c1=O. The highest BCUT2D eigenvalue weighted by molar-refractivity contribution is 6.21. The number of carbonyl (C=O) groups is 3. The third-order valence-corrected chi connectivity index (χ3v) is 3.94. The van der Waals surface area contributed by atoms with Crippen molar-refractivity contribution in [2.45, 2.75) is 0 Å². The van der Waals surface area contributed by atoms with Gasteiger partial charge in [0.2, 0.25) is 5.43 Å². The van der Waals surface area contributed by atoms with Gasteiger partial charge in [-0.3, -0.25) is 14.4 Å². The molecule has 2 aromatic carbocycles. The van der Waals surface area contributed by atoms with Crippen molar-refractivity contribution in [3.63, 3.8) is 0 Å². The highest BCUT2D eigenvalue weighted by atomic mass is 16.7. The van der Waals surface area contributed by atoms with E-state index in [0.29, 0.717) is 16.0 Å². The summed E-state index contributed by atoms with van der Waals surface area (Å²) in [5, 5.41) is 0.682. The summed E-state index contributed by atoms with van der Waals surface area (Å²) in [5.41, 5.74) is 0.0106. The second-order valence-electron chi connectivity index (χ2n) is 5.41. The number of aromatic amines is 1. The first kappa shape index (κ1) is 14.8. The summed E-state index contributed by atoms with van der Waals surface area (Å²) < 4.78 is 0. The molecular weight excluding hydrogens is 324 g/mol. The van der Waals surface area contributed by atoms with E-state index in [-0.39, 0.29) is 16.7 Å². The molecule has 7 heteroatoms. The maximum atomic E-state index is 12.4. The van der Waals surface area contributed by atoms with Gasteiger partial charge in [-0.05, 0) is 24.3 Å². The smallest absolute Gasteiger partial charge is 0.360 e. The molecule has 0 aliphatic carbocycles. The lowest BCUT2D eigenvalue weighted by molar-refractivity contribution is -0.0585. The third-order valence-electron chi connectivity index (χ3n) is 3.94. The van der Waals surface area contributed by atoms with E-state index in [9.17, 15) is 19.2 Å². The lowest BCUT2D eigenvalue weighted by atomic mass is 10.1. The molecule has 7 nitrogen and oxygen atoms in total. The van der Waals surface area contributed by atoms with Crippen LogP contribution in [0.3, 0.4) is 0 Å². The highest BCUT2D eigenvalue weighted by Crippen LogP contribution is 2.23. The molecule has 4 rings (SSSR count). The van der Waals surface area contributed by atoms with Crippen LogP contribution in [0.5, 0.6) is 0 Å². The molecule has 2 heterocycles. The van der Waals surface area contributed by atoms with Crippen molar-refractivity contribution in [1.82, 2.24) is 10.0 Å². The van der Waals surface area contributed by atoms with Crippen molar-refractivity contribution in [2.24, 2.45) is 0 Å². The molecule has 25 heavy (non-hydrogen) atoms. The number of imide groups is 1. The number of hydroxylamine groups is 2. The Kier molecular flexibility index (Phi) is 3.21. The van der Waals surface area contributed by atoms with Crippen LogP contribution in [0.4, 0.5) is 0 Å². The molecule has 1 aromatic heterocycles. The fourth-order valence-electron chi connectivity index (χ4n) is 2.70. The summed E-state index contributed by atoms with van der Waals surface area (Å²) in [6, 6.07) is 12.8. The zero-order chi connectivity index (χ0) is 17.6. The Morgan fingerprint density at radius 1 is 0.880 bits per heavy atom. The molecule has 0 saturated carbocycles. The van der Waals surface area contributed by atoms with E-state index < -0.39 is 23.2 Å². The summed E-state index contributed by atoms with van der Waals surface area (Å²) >= 11 is 0. The summed E-state index contributed by atoms with van der Waals surface area (Å²) in [5.74, 6) is -2.57. The minimum atomic E-state index is -1.08. The van der Waals surface area contributed by atoms with E-state index in [4.69, 9.17) is 4.84 Å². The monoisotopic (exact) mass is 334 g/mol. The summed E-state index contributed by atoms with van der Waals surface area (Å²) in [6.07, 6.45) is 1.20. The average molecular weight is 334 g/mol. The van der Waals surface area contributed by atoms with Crippen LogP contribution in [-0.4, -0.2) is 27.8 Å². The van der Waals surface area contributed by atoms with Gasteiger partial charge in [-0.1, -0.05) is 29.3 Å². The van der Waals surface area contributed by atoms with Crippen molar-refractivity contribution in [3.8, 4) is 0 Å². The molecule has 3 aromatic rings. The number of para-hydroxylation sites is 1. The number of nitrogens with zero attached hydrogens (tertiary/aromatic N) is 1.